The molecular formula is C23H27ClN2O2. The van der Waals surface area contributed by atoms with Gasteiger partial charge in [-0.2, -0.15) is 0 Å². The van der Waals surface area contributed by atoms with Gasteiger partial charge in [0.15, 0.2) is 5.78 Å². The van der Waals surface area contributed by atoms with Crippen LogP contribution >= 0.6 is 11.6 Å². The highest BCUT2D eigenvalue weighted by Gasteiger charge is 2.24. The second-order valence-electron chi connectivity index (χ2n) is 7.41. The first-order valence-corrected chi connectivity index (χ1v) is 10.3. The molecule has 1 atom stereocenters. The van der Waals surface area contributed by atoms with E-state index in [0.29, 0.717) is 17.1 Å². The molecule has 0 aromatic heterocycles. The molecular weight excluding hydrogens is 372 g/mol. The summed E-state index contributed by atoms with van der Waals surface area (Å²) in [5, 5.41) is 3.72. The summed E-state index contributed by atoms with van der Waals surface area (Å²) in [7, 11) is 0. The number of ketones is 1. The van der Waals surface area contributed by atoms with E-state index in [-0.39, 0.29) is 30.6 Å². The highest BCUT2D eigenvalue weighted by molar-refractivity contribution is 6.30. The normalized spacial score (nSPS) is 15.4. The van der Waals surface area contributed by atoms with Crippen LogP contribution in [0.1, 0.15) is 53.2 Å². The molecule has 5 heteroatoms. The molecule has 1 aliphatic heterocycles. The number of nitrogens with one attached hydrogen (secondary N) is 1. The number of hydrogen-bond donors (Lipinski definition) is 1. The monoisotopic (exact) mass is 398 g/mol. The summed E-state index contributed by atoms with van der Waals surface area (Å²) >= 11 is 6.17. The summed E-state index contributed by atoms with van der Waals surface area (Å²) in [6.07, 6.45) is 2.78. The van der Waals surface area contributed by atoms with Gasteiger partial charge in [-0.25, -0.2) is 0 Å². The third-order valence-corrected chi connectivity index (χ3v) is 5.50. The average Bonchev–Trinajstić information content (AvgIpc) is 3.21. The van der Waals surface area contributed by atoms with Gasteiger partial charge in [0.25, 0.3) is 0 Å². The van der Waals surface area contributed by atoms with Gasteiger partial charge in [-0.15, -0.1) is 0 Å². The van der Waals surface area contributed by atoms with E-state index in [2.05, 4.69) is 16.3 Å². The van der Waals surface area contributed by atoms with E-state index >= 15 is 0 Å². The molecule has 1 saturated heterocycles. The summed E-state index contributed by atoms with van der Waals surface area (Å²) in [4.78, 5) is 27.0. The zero-order valence-corrected chi connectivity index (χ0v) is 17.0. The lowest BCUT2D eigenvalue weighted by molar-refractivity contribution is -0.121. The Morgan fingerprint density at radius 1 is 1.07 bits per heavy atom. The number of benzene rings is 2. The first-order valence-electron chi connectivity index (χ1n) is 9.89. The molecule has 1 fully saturated rings. The van der Waals surface area contributed by atoms with Crippen LogP contribution in [-0.4, -0.2) is 36.2 Å². The van der Waals surface area contributed by atoms with Gasteiger partial charge in [0.1, 0.15) is 0 Å². The molecule has 1 unspecified atom stereocenters. The van der Waals surface area contributed by atoms with Crippen LogP contribution in [0.3, 0.4) is 0 Å². The quantitative estimate of drug-likeness (QED) is 0.663. The van der Waals surface area contributed by atoms with Crippen LogP contribution < -0.4 is 5.32 Å². The molecule has 148 valence electrons. The largest absolute Gasteiger partial charge is 0.354 e. The van der Waals surface area contributed by atoms with Crippen molar-refractivity contribution in [1.82, 2.24) is 10.2 Å². The standard InChI is InChI=1S/C23H27ClN2O2/c1-17-7-9-18(10-8-17)22(27)11-12-23(28)25-16-21(26-13-2-3-14-26)19-5-4-6-20(24)15-19/h4-10,15,21H,2-3,11-14,16H2,1H3,(H,25,28). The fraction of sp³-hybridized carbons (Fsp3) is 0.391. The van der Waals surface area contributed by atoms with Crippen LogP contribution in [-0.2, 0) is 4.79 Å². The maximum absolute atomic E-state index is 12.3. The molecule has 0 spiro atoms. The molecule has 0 radical (unpaired) electrons. The molecule has 2 aromatic carbocycles. The Bertz CT molecular complexity index is 814. The van der Waals surface area contributed by atoms with Crippen molar-refractivity contribution in [2.75, 3.05) is 19.6 Å². The molecule has 0 saturated carbocycles. The summed E-state index contributed by atoms with van der Waals surface area (Å²) in [5.41, 5.74) is 2.89. The Labute approximate surface area is 171 Å². The minimum atomic E-state index is -0.0910. The number of hydrogen-bond acceptors (Lipinski definition) is 3. The maximum atomic E-state index is 12.3. The van der Waals surface area contributed by atoms with Crippen molar-refractivity contribution in [3.05, 3.63) is 70.2 Å². The number of aryl methyl sites for hydroxylation is 1. The Morgan fingerprint density at radius 3 is 2.46 bits per heavy atom. The van der Waals surface area contributed by atoms with Crippen molar-refractivity contribution in [2.45, 2.75) is 38.6 Å². The SMILES string of the molecule is Cc1ccc(C(=O)CCC(=O)NCC(c2cccc(Cl)c2)N2CCCC2)cc1. The summed E-state index contributed by atoms with van der Waals surface area (Å²) in [6.45, 7) is 4.56. The van der Waals surface area contributed by atoms with Gasteiger partial charge in [-0.1, -0.05) is 53.6 Å². The van der Waals surface area contributed by atoms with Crippen LogP contribution in [0.2, 0.25) is 5.02 Å². The maximum Gasteiger partial charge on any atom is 0.220 e. The molecule has 1 heterocycles. The average molecular weight is 399 g/mol. The van der Waals surface area contributed by atoms with Gasteiger partial charge >= 0.3 is 0 Å². The van der Waals surface area contributed by atoms with Crippen molar-refractivity contribution in [3.63, 3.8) is 0 Å². The molecule has 0 bridgehead atoms. The van der Waals surface area contributed by atoms with Crippen molar-refractivity contribution in [3.8, 4) is 0 Å². The number of carbonyl (C=O) groups excluding carboxylic acids is 2. The van der Waals surface area contributed by atoms with E-state index in [9.17, 15) is 9.59 Å². The highest BCUT2D eigenvalue weighted by atomic mass is 35.5. The van der Waals surface area contributed by atoms with E-state index in [4.69, 9.17) is 11.6 Å². The second kappa shape index (κ2) is 9.85. The molecule has 3 rings (SSSR count). The van der Waals surface area contributed by atoms with Crippen molar-refractivity contribution >= 4 is 23.3 Å². The lowest BCUT2D eigenvalue weighted by Crippen LogP contribution is -2.36. The van der Waals surface area contributed by atoms with E-state index < -0.39 is 0 Å². The summed E-state index contributed by atoms with van der Waals surface area (Å²) < 4.78 is 0. The fourth-order valence-corrected chi connectivity index (χ4v) is 3.83. The zero-order valence-electron chi connectivity index (χ0n) is 16.3. The smallest absolute Gasteiger partial charge is 0.220 e. The lowest BCUT2D eigenvalue weighted by Gasteiger charge is -2.28. The number of carbonyl (C=O) groups is 2. The Balaban J connectivity index is 1.54. The Kier molecular flexibility index (Phi) is 7.24. The van der Waals surface area contributed by atoms with E-state index in [1.54, 1.807) is 0 Å². The minimum absolute atomic E-state index is 0.00100. The topological polar surface area (TPSA) is 49.4 Å². The van der Waals surface area contributed by atoms with Crippen molar-refractivity contribution in [2.24, 2.45) is 0 Å². The Morgan fingerprint density at radius 2 is 1.79 bits per heavy atom. The van der Waals surface area contributed by atoms with Gasteiger partial charge in [-0.05, 0) is 50.6 Å². The van der Waals surface area contributed by atoms with Crippen molar-refractivity contribution < 1.29 is 9.59 Å². The zero-order chi connectivity index (χ0) is 19.9. The summed E-state index contributed by atoms with van der Waals surface area (Å²) in [5.74, 6) is -0.0900. The predicted octanol–water partition coefficient (Wildman–Crippen LogP) is 4.56. The van der Waals surface area contributed by atoms with Gasteiger partial charge in [0, 0.05) is 30.0 Å². The molecule has 1 N–H and O–H groups in total. The van der Waals surface area contributed by atoms with Crippen LogP contribution in [0, 0.1) is 6.92 Å². The molecule has 28 heavy (non-hydrogen) atoms. The molecule has 4 nitrogen and oxygen atoms in total. The van der Waals surface area contributed by atoms with Gasteiger partial charge in [0.2, 0.25) is 5.91 Å². The van der Waals surface area contributed by atoms with Crippen molar-refractivity contribution in [1.29, 1.82) is 0 Å². The van der Waals surface area contributed by atoms with E-state index in [0.717, 1.165) is 24.2 Å². The lowest BCUT2D eigenvalue weighted by atomic mass is 10.0. The Hall–Kier alpha value is -2.17. The number of likely N-dealkylation sites (tertiary alicyclic amines) is 1. The number of amides is 1. The van der Waals surface area contributed by atoms with Gasteiger partial charge < -0.3 is 5.32 Å². The fourth-order valence-electron chi connectivity index (χ4n) is 3.63. The van der Waals surface area contributed by atoms with E-state index in [1.165, 1.54) is 12.8 Å². The summed E-state index contributed by atoms with van der Waals surface area (Å²) in [6, 6.07) is 15.4. The molecule has 0 aliphatic carbocycles. The van der Waals surface area contributed by atoms with Gasteiger partial charge in [-0.3, -0.25) is 14.5 Å². The van der Waals surface area contributed by atoms with Crippen LogP contribution in [0.5, 0.6) is 0 Å². The molecule has 1 amide bonds. The molecule has 2 aromatic rings. The van der Waals surface area contributed by atoms with Gasteiger partial charge in [0.05, 0.1) is 6.04 Å². The van der Waals surface area contributed by atoms with E-state index in [1.807, 2.05) is 49.4 Å². The molecule has 1 aliphatic rings. The van der Waals surface area contributed by atoms with Crippen LogP contribution in [0.4, 0.5) is 0 Å². The number of rotatable bonds is 8. The third-order valence-electron chi connectivity index (χ3n) is 5.26. The third kappa shape index (κ3) is 5.66. The number of Topliss-reactive ketones (excluding diaryl/α,β-unsaturated/α-hetero) is 1. The number of nitrogens with zero attached hydrogens (tertiary/aromatic N) is 1. The first kappa shape index (κ1) is 20.6. The number of halogens is 1. The minimum Gasteiger partial charge on any atom is -0.354 e. The van der Waals surface area contributed by atoms with Crippen LogP contribution in [0.25, 0.3) is 0 Å². The second-order valence-corrected chi connectivity index (χ2v) is 7.84. The highest BCUT2D eigenvalue weighted by Crippen LogP contribution is 2.26. The van der Waals surface area contributed by atoms with Crippen LogP contribution in [0.15, 0.2) is 48.5 Å². The first-order chi connectivity index (χ1) is 13.5. The predicted molar refractivity (Wildman–Crippen MR) is 113 cm³/mol.